The Labute approximate surface area is 136 Å². The maximum absolute atomic E-state index is 12.0. The molecule has 0 aromatic carbocycles. The molecular formula is C15H24ClN3OS. The molecule has 0 unspecified atom stereocenters. The van der Waals surface area contributed by atoms with Gasteiger partial charge in [0.05, 0.1) is 10.4 Å². The zero-order chi connectivity index (χ0) is 15.4. The molecule has 1 aliphatic heterocycles. The van der Waals surface area contributed by atoms with Gasteiger partial charge in [0.1, 0.15) is 0 Å². The first-order valence-electron chi connectivity index (χ1n) is 7.46. The highest BCUT2D eigenvalue weighted by Gasteiger charge is 2.25. The molecule has 1 aromatic rings. The molecule has 1 saturated heterocycles. The van der Waals surface area contributed by atoms with Gasteiger partial charge in [-0.25, -0.2) is 0 Å². The van der Waals surface area contributed by atoms with Crippen LogP contribution in [0, 0.1) is 0 Å². The number of carbonyl (C=O) groups is 1. The second kappa shape index (κ2) is 7.58. The van der Waals surface area contributed by atoms with Crippen LogP contribution < -0.4 is 5.32 Å². The molecule has 0 radical (unpaired) electrons. The van der Waals surface area contributed by atoms with Crippen LogP contribution in [0.4, 0.5) is 0 Å². The molecule has 118 valence electrons. The third-order valence-corrected chi connectivity index (χ3v) is 4.99. The van der Waals surface area contributed by atoms with Crippen LogP contribution in [0.2, 0.25) is 4.34 Å². The van der Waals surface area contributed by atoms with Gasteiger partial charge >= 0.3 is 0 Å². The largest absolute Gasteiger partial charge is 0.353 e. The van der Waals surface area contributed by atoms with Crippen molar-refractivity contribution in [1.29, 1.82) is 0 Å². The van der Waals surface area contributed by atoms with Gasteiger partial charge < -0.3 is 5.32 Å². The van der Waals surface area contributed by atoms with Crippen LogP contribution in [-0.4, -0.2) is 54.0 Å². The summed E-state index contributed by atoms with van der Waals surface area (Å²) in [5.41, 5.74) is 0. The van der Waals surface area contributed by atoms with Gasteiger partial charge in [-0.15, -0.1) is 11.3 Å². The van der Waals surface area contributed by atoms with Gasteiger partial charge in [-0.3, -0.25) is 14.6 Å². The summed E-state index contributed by atoms with van der Waals surface area (Å²) in [7, 11) is 0. The third kappa shape index (κ3) is 4.95. The predicted octanol–water partition coefficient (Wildman–Crippen LogP) is 2.43. The Hall–Kier alpha value is -0.620. The number of piperazine rings is 1. The summed E-state index contributed by atoms with van der Waals surface area (Å²) in [6.45, 7) is 10.8. The van der Waals surface area contributed by atoms with Crippen molar-refractivity contribution in [2.24, 2.45) is 0 Å². The van der Waals surface area contributed by atoms with Gasteiger partial charge in [0.15, 0.2) is 0 Å². The first-order chi connectivity index (χ1) is 9.95. The lowest BCUT2D eigenvalue weighted by atomic mass is 10.2. The van der Waals surface area contributed by atoms with E-state index in [0.29, 0.717) is 0 Å². The summed E-state index contributed by atoms with van der Waals surface area (Å²) in [4.78, 5) is 18.0. The lowest BCUT2D eigenvalue weighted by Gasteiger charge is -2.37. The minimum atomic E-state index is -0.0502. The number of nitrogens with one attached hydrogen (secondary N) is 1. The van der Waals surface area contributed by atoms with Gasteiger partial charge in [-0.2, -0.15) is 0 Å². The van der Waals surface area contributed by atoms with Crippen LogP contribution in [0.1, 0.15) is 25.6 Å². The minimum absolute atomic E-state index is 0.0502. The van der Waals surface area contributed by atoms with Crippen molar-refractivity contribution < 1.29 is 4.79 Å². The number of hydrogen-bond donors (Lipinski definition) is 1. The maximum Gasteiger partial charge on any atom is 0.237 e. The zero-order valence-electron chi connectivity index (χ0n) is 12.9. The van der Waals surface area contributed by atoms with Crippen LogP contribution >= 0.6 is 22.9 Å². The molecule has 0 saturated carbocycles. The number of nitrogens with zero attached hydrogens (tertiary/aromatic N) is 2. The number of halogens is 1. The van der Waals surface area contributed by atoms with E-state index >= 15 is 0 Å². The van der Waals surface area contributed by atoms with E-state index in [0.717, 1.165) is 37.1 Å². The molecule has 6 heteroatoms. The summed E-state index contributed by atoms with van der Waals surface area (Å²) < 4.78 is 0.850. The molecule has 1 N–H and O–H groups in total. The molecule has 0 bridgehead atoms. The van der Waals surface area contributed by atoms with Gasteiger partial charge in [-0.1, -0.05) is 11.6 Å². The molecule has 1 atom stereocenters. The molecule has 21 heavy (non-hydrogen) atoms. The Bertz CT molecular complexity index is 469. The maximum atomic E-state index is 12.0. The van der Waals surface area contributed by atoms with E-state index in [2.05, 4.69) is 21.2 Å². The Morgan fingerprint density at radius 2 is 1.95 bits per heavy atom. The molecule has 0 aliphatic carbocycles. The highest BCUT2D eigenvalue weighted by Crippen LogP contribution is 2.23. The predicted molar refractivity (Wildman–Crippen MR) is 88.9 cm³/mol. The Morgan fingerprint density at radius 1 is 1.29 bits per heavy atom. The van der Waals surface area contributed by atoms with E-state index in [1.165, 1.54) is 4.88 Å². The molecule has 4 nitrogen and oxygen atoms in total. The number of amides is 1. The monoisotopic (exact) mass is 329 g/mol. The standard InChI is InChI=1S/C15H24ClN3OS/c1-11(2)17-15(20)12(3)19-8-6-18(7-9-19)10-13-4-5-14(16)21-13/h4-5,11-12H,6-10H2,1-3H3,(H,17,20)/t12-/m0/s1. The molecule has 2 rings (SSSR count). The fourth-order valence-electron chi connectivity index (χ4n) is 2.54. The average molecular weight is 330 g/mol. The first kappa shape index (κ1) is 16.7. The van der Waals surface area contributed by atoms with Crippen molar-refractivity contribution in [3.8, 4) is 0 Å². The van der Waals surface area contributed by atoms with Crippen molar-refractivity contribution in [2.75, 3.05) is 26.2 Å². The first-order valence-corrected chi connectivity index (χ1v) is 8.66. The Kier molecular flexibility index (Phi) is 6.05. The van der Waals surface area contributed by atoms with E-state index in [1.807, 2.05) is 26.8 Å². The number of hydrogen-bond acceptors (Lipinski definition) is 4. The summed E-state index contributed by atoms with van der Waals surface area (Å²) in [6, 6.07) is 4.20. The Morgan fingerprint density at radius 3 is 2.48 bits per heavy atom. The molecule has 2 heterocycles. The van der Waals surface area contributed by atoms with Crippen LogP contribution in [0.5, 0.6) is 0 Å². The fraction of sp³-hybridized carbons (Fsp3) is 0.667. The van der Waals surface area contributed by atoms with Crippen molar-refractivity contribution in [3.63, 3.8) is 0 Å². The topological polar surface area (TPSA) is 35.6 Å². The van der Waals surface area contributed by atoms with Crippen molar-refractivity contribution in [2.45, 2.75) is 39.4 Å². The van der Waals surface area contributed by atoms with Gasteiger partial charge in [0.25, 0.3) is 0 Å². The smallest absolute Gasteiger partial charge is 0.237 e. The lowest BCUT2D eigenvalue weighted by molar-refractivity contribution is -0.127. The number of carbonyl (C=O) groups excluding carboxylic acids is 1. The second-order valence-electron chi connectivity index (χ2n) is 5.86. The second-order valence-corrected chi connectivity index (χ2v) is 7.66. The van der Waals surface area contributed by atoms with Gasteiger partial charge in [-0.05, 0) is 32.9 Å². The van der Waals surface area contributed by atoms with Crippen LogP contribution in [-0.2, 0) is 11.3 Å². The molecule has 0 spiro atoms. The molecule has 1 fully saturated rings. The summed E-state index contributed by atoms with van der Waals surface area (Å²) in [5.74, 6) is 0.128. The summed E-state index contributed by atoms with van der Waals surface area (Å²) >= 11 is 7.61. The van der Waals surface area contributed by atoms with Crippen molar-refractivity contribution in [1.82, 2.24) is 15.1 Å². The van der Waals surface area contributed by atoms with E-state index in [9.17, 15) is 4.79 Å². The minimum Gasteiger partial charge on any atom is -0.353 e. The van der Waals surface area contributed by atoms with E-state index < -0.39 is 0 Å². The normalized spacial score (nSPS) is 18.9. The van der Waals surface area contributed by atoms with E-state index in [-0.39, 0.29) is 18.0 Å². The van der Waals surface area contributed by atoms with Crippen molar-refractivity contribution >= 4 is 28.8 Å². The molecular weight excluding hydrogens is 306 g/mol. The average Bonchev–Trinajstić information content (AvgIpc) is 2.83. The Balaban J connectivity index is 1.78. The highest BCUT2D eigenvalue weighted by molar-refractivity contribution is 7.16. The lowest BCUT2D eigenvalue weighted by Crippen LogP contribution is -2.54. The highest BCUT2D eigenvalue weighted by atomic mass is 35.5. The van der Waals surface area contributed by atoms with E-state index in [4.69, 9.17) is 11.6 Å². The van der Waals surface area contributed by atoms with Crippen LogP contribution in [0.25, 0.3) is 0 Å². The van der Waals surface area contributed by atoms with E-state index in [1.54, 1.807) is 11.3 Å². The van der Waals surface area contributed by atoms with Crippen LogP contribution in [0.15, 0.2) is 12.1 Å². The fourth-order valence-corrected chi connectivity index (χ4v) is 3.67. The number of thiophene rings is 1. The van der Waals surface area contributed by atoms with Gasteiger partial charge in [0, 0.05) is 43.6 Å². The molecule has 1 aromatic heterocycles. The van der Waals surface area contributed by atoms with Crippen molar-refractivity contribution in [3.05, 3.63) is 21.3 Å². The summed E-state index contributed by atoms with van der Waals surface area (Å²) in [5, 5.41) is 2.99. The van der Waals surface area contributed by atoms with Gasteiger partial charge in [0.2, 0.25) is 5.91 Å². The third-order valence-electron chi connectivity index (χ3n) is 3.77. The molecule has 1 amide bonds. The zero-order valence-corrected chi connectivity index (χ0v) is 14.5. The quantitative estimate of drug-likeness (QED) is 0.901. The SMILES string of the molecule is CC(C)NC(=O)[C@H](C)N1CCN(Cc2ccc(Cl)s2)CC1. The van der Waals surface area contributed by atoms with Crippen LogP contribution in [0.3, 0.4) is 0 Å². The number of rotatable bonds is 5. The summed E-state index contributed by atoms with van der Waals surface area (Å²) in [6.07, 6.45) is 0. The molecule has 1 aliphatic rings.